The van der Waals surface area contributed by atoms with Crippen LogP contribution in [-0.4, -0.2) is 25.0 Å². The number of nitrogens with zero attached hydrogens (tertiary/aromatic N) is 2. The fourth-order valence-electron chi connectivity index (χ4n) is 1.84. The van der Waals surface area contributed by atoms with E-state index in [1.165, 1.54) is 12.4 Å². The van der Waals surface area contributed by atoms with Gasteiger partial charge in [-0.3, -0.25) is 4.18 Å². The minimum atomic E-state index is -3.70. The Labute approximate surface area is 117 Å². The summed E-state index contributed by atoms with van der Waals surface area (Å²) in [6, 6.07) is 0. The van der Waals surface area contributed by atoms with E-state index in [1.807, 2.05) is 6.08 Å². The van der Waals surface area contributed by atoms with Crippen LogP contribution in [0.25, 0.3) is 5.57 Å². The molecule has 0 bridgehead atoms. The number of hydrogen-bond acceptors (Lipinski definition) is 5. The smallest absolute Gasteiger partial charge is 0.267 e. The first-order chi connectivity index (χ1) is 9.04. The third-order valence-corrected chi connectivity index (χ3v) is 4.40. The van der Waals surface area contributed by atoms with Crippen molar-refractivity contribution in [3.63, 3.8) is 0 Å². The summed E-state index contributed by atoms with van der Waals surface area (Å²) in [5, 5.41) is 0.123. The molecule has 0 spiro atoms. The molecule has 1 aliphatic carbocycles. The summed E-state index contributed by atoms with van der Waals surface area (Å²) in [5.41, 5.74) is 1.18. The number of allylic oxidation sites excluding steroid dienone is 4. The second kappa shape index (κ2) is 5.81. The van der Waals surface area contributed by atoms with Crippen molar-refractivity contribution in [3.05, 3.63) is 40.3 Å². The highest BCUT2D eigenvalue weighted by Gasteiger charge is 2.24. The molecule has 5 nitrogen and oxygen atoms in total. The molecule has 0 unspecified atom stereocenters. The minimum absolute atomic E-state index is 0.111. The van der Waals surface area contributed by atoms with E-state index in [-0.39, 0.29) is 16.8 Å². The Balaban J connectivity index is 2.52. The molecule has 0 aromatic carbocycles. The van der Waals surface area contributed by atoms with Gasteiger partial charge in [0, 0.05) is 23.5 Å². The molecule has 19 heavy (non-hydrogen) atoms. The zero-order valence-electron chi connectivity index (χ0n) is 10.3. The Morgan fingerprint density at radius 2 is 2.05 bits per heavy atom. The molecule has 7 heteroatoms. The highest BCUT2D eigenvalue weighted by atomic mass is 35.5. The van der Waals surface area contributed by atoms with Gasteiger partial charge in [-0.15, -0.1) is 0 Å². The van der Waals surface area contributed by atoms with Gasteiger partial charge in [0.2, 0.25) is 5.28 Å². The van der Waals surface area contributed by atoms with Gasteiger partial charge in [0.15, 0.2) is 0 Å². The maximum absolute atomic E-state index is 12.1. The summed E-state index contributed by atoms with van der Waals surface area (Å²) in [7, 11) is -3.70. The Morgan fingerprint density at radius 3 is 2.68 bits per heavy atom. The number of halogens is 1. The summed E-state index contributed by atoms with van der Waals surface area (Å²) in [5.74, 6) is 0. The Hall–Kier alpha value is -1.24. The van der Waals surface area contributed by atoms with E-state index in [0.29, 0.717) is 24.0 Å². The number of rotatable bonds is 4. The van der Waals surface area contributed by atoms with Crippen molar-refractivity contribution in [2.75, 3.05) is 6.61 Å². The lowest BCUT2D eigenvalue weighted by Crippen LogP contribution is -2.12. The van der Waals surface area contributed by atoms with Crippen LogP contribution in [-0.2, 0) is 14.3 Å². The van der Waals surface area contributed by atoms with E-state index in [0.717, 1.165) is 0 Å². The van der Waals surface area contributed by atoms with Crippen LogP contribution < -0.4 is 0 Å². The summed E-state index contributed by atoms with van der Waals surface area (Å²) in [4.78, 5) is 8.00. The Morgan fingerprint density at radius 1 is 1.37 bits per heavy atom. The molecule has 0 saturated heterocycles. The molecule has 0 N–H and O–H groups in total. The standard InChI is InChI=1S/C12H13ClN2O3S/c1-2-18-19(16,17)11-6-4-3-5-10(11)9-7-14-12(13)15-8-9/h3,5,7-8H,2,4,6H2,1H3. The molecule has 0 radical (unpaired) electrons. The topological polar surface area (TPSA) is 69.2 Å². The first-order valence-electron chi connectivity index (χ1n) is 5.81. The molecule has 0 amide bonds. The second-order valence-electron chi connectivity index (χ2n) is 3.88. The predicted octanol–water partition coefficient (Wildman–Crippen LogP) is 2.56. The van der Waals surface area contributed by atoms with Crippen molar-refractivity contribution in [1.29, 1.82) is 0 Å². The first kappa shape index (κ1) is 14.2. The SMILES string of the molecule is CCOS(=O)(=O)C1=C(c2cnc(Cl)nc2)C=CCC1. The van der Waals surface area contributed by atoms with E-state index in [2.05, 4.69) is 9.97 Å². The predicted molar refractivity (Wildman–Crippen MR) is 72.9 cm³/mol. The van der Waals surface area contributed by atoms with Gasteiger partial charge >= 0.3 is 0 Å². The highest BCUT2D eigenvalue weighted by Crippen LogP contribution is 2.31. The van der Waals surface area contributed by atoms with Gasteiger partial charge in [-0.1, -0.05) is 12.2 Å². The Bertz CT molecular complexity index is 621. The van der Waals surface area contributed by atoms with Crippen LogP contribution in [0.5, 0.6) is 0 Å². The van der Waals surface area contributed by atoms with Crippen molar-refractivity contribution < 1.29 is 12.6 Å². The van der Waals surface area contributed by atoms with Crippen molar-refractivity contribution >= 4 is 27.3 Å². The van der Waals surface area contributed by atoms with E-state index in [1.54, 1.807) is 13.0 Å². The third kappa shape index (κ3) is 3.20. The molecule has 0 fully saturated rings. The van der Waals surface area contributed by atoms with Gasteiger partial charge in [-0.2, -0.15) is 8.42 Å². The van der Waals surface area contributed by atoms with Gasteiger partial charge in [-0.05, 0) is 31.4 Å². The van der Waals surface area contributed by atoms with E-state index in [9.17, 15) is 8.42 Å². The summed E-state index contributed by atoms with van der Waals surface area (Å²) in [6.07, 6.45) is 7.75. The molecule has 102 valence electrons. The maximum atomic E-state index is 12.1. The quantitative estimate of drug-likeness (QED) is 0.631. The first-order valence-corrected chi connectivity index (χ1v) is 7.60. The summed E-state index contributed by atoms with van der Waals surface area (Å²) >= 11 is 5.63. The molecule has 0 saturated carbocycles. The molecule has 1 aromatic heterocycles. The van der Waals surface area contributed by atoms with Crippen LogP contribution in [0.4, 0.5) is 0 Å². The average Bonchev–Trinajstić information content (AvgIpc) is 2.39. The molecule has 1 aliphatic rings. The van der Waals surface area contributed by atoms with Crippen molar-refractivity contribution in [1.82, 2.24) is 9.97 Å². The molecule has 1 heterocycles. The average molecular weight is 301 g/mol. The molecule has 2 rings (SSSR count). The number of hydrogen-bond donors (Lipinski definition) is 0. The summed E-state index contributed by atoms with van der Waals surface area (Å²) in [6.45, 7) is 1.75. The second-order valence-corrected chi connectivity index (χ2v) is 5.85. The molecule has 1 aromatic rings. The van der Waals surface area contributed by atoms with Gasteiger partial charge < -0.3 is 0 Å². The molecular formula is C12H13ClN2O3S. The van der Waals surface area contributed by atoms with Gasteiger partial charge in [0.25, 0.3) is 10.1 Å². The Kier molecular flexibility index (Phi) is 4.34. The number of aromatic nitrogens is 2. The van der Waals surface area contributed by atoms with Gasteiger partial charge in [0.1, 0.15) is 0 Å². The summed E-state index contributed by atoms with van der Waals surface area (Å²) < 4.78 is 29.0. The van der Waals surface area contributed by atoms with Crippen LogP contribution in [0.2, 0.25) is 5.28 Å². The van der Waals surface area contributed by atoms with Crippen LogP contribution >= 0.6 is 11.6 Å². The van der Waals surface area contributed by atoms with E-state index in [4.69, 9.17) is 15.8 Å². The fourth-order valence-corrected chi connectivity index (χ4v) is 3.21. The largest absolute Gasteiger partial charge is 0.293 e. The molecular weight excluding hydrogens is 288 g/mol. The zero-order valence-corrected chi connectivity index (χ0v) is 11.9. The normalized spacial score (nSPS) is 15.9. The lowest BCUT2D eigenvalue weighted by molar-refractivity contribution is 0.342. The van der Waals surface area contributed by atoms with Crippen LogP contribution in [0.1, 0.15) is 25.3 Å². The van der Waals surface area contributed by atoms with E-state index < -0.39 is 10.1 Å². The molecule has 0 atom stereocenters. The van der Waals surface area contributed by atoms with Gasteiger partial charge in [0.05, 0.1) is 11.5 Å². The van der Waals surface area contributed by atoms with Crippen LogP contribution in [0.3, 0.4) is 0 Å². The lowest BCUT2D eigenvalue weighted by atomic mass is 10.0. The van der Waals surface area contributed by atoms with Crippen molar-refractivity contribution in [2.45, 2.75) is 19.8 Å². The fraction of sp³-hybridized carbons (Fsp3) is 0.333. The zero-order chi connectivity index (χ0) is 13.9. The third-order valence-electron chi connectivity index (χ3n) is 2.63. The van der Waals surface area contributed by atoms with Gasteiger partial charge in [-0.25, -0.2) is 9.97 Å². The lowest BCUT2D eigenvalue weighted by Gasteiger charge is -2.15. The van der Waals surface area contributed by atoms with E-state index >= 15 is 0 Å². The monoisotopic (exact) mass is 300 g/mol. The van der Waals surface area contributed by atoms with Crippen LogP contribution in [0.15, 0.2) is 29.5 Å². The minimum Gasteiger partial charge on any atom is -0.267 e. The van der Waals surface area contributed by atoms with Crippen LogP contribution in [0, 0.1) is 0 Å². The van der Waals surface area contributed by atoms with Crippen molar-refractivity contribution in [3.8, 4) is 0 Å². The molecule has 0 aliphatic heterocycles. The highest BCUT2D eigenvalue weighted by molar-refractivity contribution is 7.90. The maximum Gasteiger partial charge on any atom is 0.293 e. The van der Waals surface area contributed by atoms with Crippen molar-refractivity contribution in [2.24, 2.45) is 0 Å².